The Hall–Kier alpha value is -1.71. The van der Waals surface area contributed by atoms with Crippen LogP contribution in [0.1, 0.15) is 39.2 Å². The zero-order valence-corrected chi connectivity index (χ0v) is 19.3. The van der Waals surface area contributed by atoms with Gasteiger partial charge in [0.15, 0.2) is 5.96 Å². The predicted molar refractivity (Wildman–Crippen MR) is 122 cm³/mol. The van der Waals surface area contributed by atoms with Crippen molar-refractivity contribution >= 4 is 36.0 Å². The van der Waals surface area contributed by atoms with Crippen LogP contribution in [0.2, 0.25) is 0 Å². The summed E-state index contributed by atoms with van der Waals surface area (Å²) in [6.45, 7) is 8.99. The van der Waals surface area contributed by atoms with Crippen molar-refractivity contribution in [3.05, 3.63) is 29.8 Å². The van der Waals surface area contributed by atoms with E-state index in [2.05, 4.69) is 24.2 Å². The molecule has 1 aliphatic heterocycles. The number of nitrogens with one attached hydrogen (secondary N) is 1. The monoisotopic (exact) mass is 504 g/mol. The lowest BCUT2D eigenvalue weighted by molar-refractivity contribution is 0.0963. The van der Waals surface area contributed by atoms with Crippen LogP contribution >= 0.6 is 24.0 Å². The molecule has 0 aromatic heterocycles. The molecule has 0 aliphatic carbocycles. The van der Waals surface area contributed by atoms with Gasteiger partial charge in [-0.1, -0.05) is 26.0 Å². The maximum Gasteiger partial charge on any atom is 0.409 e. The van der Waals surface area contributed by atoms with E-state index in [4.69, 9.17) is 15.2 Å². The van der Waals surface area contributed by atoms with Gasteiger partial charge in [-0.2, -0.15) is 0 Å². The van der Waals surface area contributed by atoms with E-state index in [1.165, 1.54) is 0 Å². The van der Waals surface area contributed by atoms with Gasteiger partial charge in [0.25, 0.3) is 0 Å². The number of ether oxygens (including phenoxy) is 2. The summed E-state index contributed by atoms with van der Waals surface area (Å²) in [5.41, 5.74) is 7.09. The molecule has 0 radical (unpaired) electrons. The van der Waals surface area contributed by atoms with Crippen LogP contribution in [0.25, 0.3) is 0 Å². The molecule has 0 bridgehead atoms. The van der Waals surface area contributed by atoms with Gasteiger partial charge in [-0.15, -0.1) is 24.0 Å². The van der Waals surface area contributed by atoms with E-state index in [1.807, 2.05) is 31.2 Å². The molecule has 1 aliphatic rings. The van der Waals surface area contributed by atoms with Crippen molar-refractivity contribution in [1.82, 2.24) is 10.2 Å². The van der Waals surface area contributed by atoms with Gasteiger partial charge in [0.1, 0.15) is 5.75 Å². The molecule has 8 heteroatoms. The van der Waals surface area contributed by atoms with Crippen molar-refractivity contribution in [2.45, 2.75) is 46.2 Å². The number of rotatable bonds is 7. The van der Waals surface area contributed by atoms with Crippen molar-refractivity contribution in [3.8, 4) is 5.75 Å². The molecule has 1 amide bonds. The minimum absolute atomic E-state index is 0. The summed E-state index contributed by atoms with van der Waals surface area (Å²) in [6, 6.07) is 8.15. The van der Waals surface area contributed by atoms with Crippen LogP contribution in [0.4, 0.5) is 4.79 Å². The van der Waals surface area contributed by atoms with E-state index in [1.54, 1.807) is 4.90 Å². The topological polar surface area (TPSA) is 89.2 Å². The predicted octanol–water partition coefficient (Wildman–Crippen LogP) is 3.36. The van der Waals surface area contributed by atoms with Crippen LogP contribution in [-0.4, -0.2) is 49.3 Å². The molecule has 0 atom stereocenters. The van der Waals surface area contributed by atoms with Crippen molar-refractivity contribution in [2.75, 3.05) is 26.3 Å². The summed E-state index contributed by atoms with van der Waals surface area (Å²) in [5, 5.41) is 3.25. The first-order chi connectivity index (χ1) is 13.0. The normalized spacial score (nSPS) is 15.1. The van der Waals surface area contributed by atoms with Crippen molar-refractivity contribution in [2.24, 2.45) is 16.6 Å². The summed E-state index contributed by atoms with van der Waals surface area (Å²) in [7, 11) is 0. The fraction of sp³-hybridized carbons (Fsp3) is 0.600. The summed E-state index contributed by atoms with van der Waals surface area (Å²) in [5.74, 6) is 1.77. The van der Waals surface area contributed by atoms with Gasteiger partial charge in [-0.3, -0.25) is 0 Å². The van der Waals surface area contributed by atoms with E-state index in [9.17, 15) is 4.79 Å². The second kappa shape index (κ2) is 12.7. The molecular weight excluding hydrogens is 471 g/mol. The standard InChI is InChI=1S/C20H32N4O3.HI/c1-4-26-20(25)24-10-8-17(9-11-24)23-19(21)22-13-16-6-5-7-18(12-16)27-14-15(2)3;/h5-7,12,15,17H,4,8-11,13-14H2,1-3H3,(H3,21,22,23);1H. The van der Waals surface area contributed by atoms with Crippen molar-refractivity contribution < 1.29 is 14.3 Å². The van der Waals surface area contributed by atoms with Crippen LogP contribution in [0.3, 0.4) is 0 Å². The number of nitrogens with zero attached hydrogens (tertiary/aromatic N) is 2. The van der Waals surface area contributed by atoms with E-state index < -0.39 is 0 Å². The SMILES string of the molecule is CCOC(=O)N1CCC(NC(N)=NCc2cccc(OCC(C)C)c2)CC1.I. The van der Waals surface area contributed by atoms with Gasteiger partial charge < -0.3 is 25.4 Å². The van der Waals surface area contributed by atoms with Crippen molar-refractivity contribution in [1.29, 1.82) is 0 Å². The molecule has 1 aromatic rings. The van der Waals surface area contributed by atoms with E-state index in [0.29, 0.717) is 44.7 Å². The van der Waals surface area contributed by atoms with Gasteiger partial charge in [-0.25, -0.2) is 9.79 Å². The highest BCUT2D eigenvalue weighted by atomic mass is 127. The van der Waals surface area contributed by atoms with Crippen LogP contribution in [0, 0.1) is 5.92 Å². The molecular formula is C20H33IN4O3. The number of hydrogen-bond donors (Lipinski definition) is 2. The molecule has 1 saturated heterocycles. The molecule has 1 heterocycles. The number of halogens is 1. The summed E-state index contributed by atoms with van der Waals surface area (Å²) in [6.07, 6.45) is 1.42. The first-order valence-corrected chi connectivity index (χ1v) is 9.67. The Bertz CT molecular complexity index is 632. The van der Waals surface area contributed by atoms with E-state index >= 15 is 0 Å². The highest BCUT2D eigenvalue weighted by molar-refractivity contribution is 14.0. The van der Waals surface area contributed by atoms with Gasteiger partial charge in [-0.05, 0) is 43.4 Å². The number of nitrogens with two attached hydrogens (primary N) is 1. The average molecular weight is 504 g/mol. The Morgan fingerprint density at radius 2 is 2.07 bits per heavy atom. The quantitative estimate of drug-likeness (QED) is 0.338. The van der Waals surface area contributed by atoms with Gasteiger partial charge in [0.2, 0.25) is 0 Å². The van der Waals surface area contributed by atoms with E-state index in [0.717, 1.165) is 24.2 Å². The van der Waals surface area contributed by atoms with Gasteiger partial charge in [0.05, 0.1) is 19.8 Å². The lowest BCUT2D eigenvalue weighted by Gasteiger charge is -2.31. The lowest BCUT2D eigenvalue weighted by atomic mass is 10.1. The maximum atomic E-state index is 11.7. The minimum atomic E-state index is -0.239. The third kappa shape index (κ3) is 8.53. The molecule has 28 heavy (non-hydrogen) atoms. The Morgan fingerprint density at radius 3 is 2.71 bits per heavy atom. The highest BCUT2D eigenvalue weighted by Gasteiger charge is 2.23. The van der Waals surface area contributed by atoms with Crippen LogP contribution in [-0.2, 0) is 11.3 Å². The Balaban J connectivity index is 0.00000392. The third-order valence-electron chi connectivity index (χ3n) is 4.29. The maximum absolute atomic E-state index is 11.7. The number of hydrogen-bond acceptors (Lipinski definition) is 4. The zero-order chi connectivity index (χ0) is 19.6. The van der Waals surface area contributed by atoms with Crippen LogP contribution in [0.5, 0.6) is 5.75 Å². The number of aliphatic imine (C=N–C) groups is 1. The number of piperidine rings is 1. The largest absolute Gasteiger partial charge is 0.493 e. The third-order valence-corrected chi connectivity index (χ3v) is 4.29. The van der Waals surface area contributed by atoms with Crippen LogP contribution < -0.4 is 15.8 Å². The number of guanidine groups is 1. The molecule has 1 aromatic carbocycles. The summed E-state index contributed by atoms with van der Waals surface area (Å²) < 4.78 is 10.8. The molecule has 7 nitrogen and oxygen atoms in total. The number of likely N-dealkylation sites (tertiary alicyclic amines) is 1. The molecule has 3 N–H and O–H groups in total. The lowest BCUT2D eigenvalue weighted by Crippen LogP contribution is -2.48. The second-order valence-electron chi connectivity index (χ2n) is 7.16. The van der Waals surface area contributed by atoms with E-state index in [-0.39, 0.29) is 36.1 Å². The molecule has 0 saturated carbocycles. The number of benzene rings is 1. The number of carbonyl (C=O) groups is 1. The molecule has 1 fully saturated rings. The van der Waals surface area contributed by atoms with Gasteiger partial charge in [0, 0.05) is 19.1 Å². The average Bonchev–Trinajstić information content (AvgIpc) is 2.66. The summed E-state index contributed by atoms with van der Waals surface area (Å²) in [4.78, 5) is 17.9. The number of carbonyl (C=O) groups excluding carboxylic acids is 1. The molecule has 2 rings (SSSR count). The fourth-order valence-corrected chi connectivity index (χ4v) is 2.85. The Labute approximate surface area is 185 Å². The highest BCUT2D eigenvalue weighted by Crippen LogP contribution is 2.15. The fourth-order valence-electron chi connectivity index (χ4n) is 2.85. The van der Waals surface area contributed by atoms with Crippen LogP contribution in [0.15, 0.2) is 29.3 Å². The first-order valence-electron chi connectivity index (χ1n) is 9.67. The Kier molecular flexibility index (Phi) is 11.0. The smallest absolute Gasteiger partial charge is 0.409 e. The van der Waals surface area contributed by atoms with Crippen molar-refractivity contribution in [3.63, 3.8) is 0 Å². The number of amides is 1. The molecule has 158 valence electrons. The minimum Gasteiger partial charge on any atom is -0.493 e. The first kappa shape index (κ1) is 24.3. The zero-order valence-electron chi connectivity index (χ0n) is 17.0. The second-order valence-corrected chi connectivity index (χ2v) is 7.16. The molecule has 0 spiro atoms. The van der Waals surface area contributed by atoms with Gasteiger partial charge >= 0.3 is 6.09 Å². The Morgan fingerprint density at radius 1 is 1.36 bits per heavy atom. The summed E-state index contributed by atoms with van der Waals surface area (Å²) >= 11 is 0. The molecule has 0 unspecified atom stereocenters.